The normalized spacial score (nSPS) is 12.9. The molecule has 0 saturated heterocycles. The van der Waals surface area contributed by atoms with Crippen LogP contribution in [0.3, 0.4) is 0 Å². The van der Waals surface area contributed by atoms with Crippen molar-refractivity contribution in [3.8, 4) is 0 Å². The van der Waals surface area contributed by atoms with Gasteiger partial charge in [0, 0.05) is 6.92 Å². The Kier molecular flexibility index (Phi) is 11.1. The van der Waals surface area contributed by atoms with Crippen molar-refractivity contribution in [2.45, 2.75) is 78.2 Å². The highest BCUT2D eigenvalue weighted by atomic mass is 16.5. The van der Waals surface area contributed by atoms with Crippen molar-refractivity contribution in [1.29, 1.82) is 0 Å². The molecule has 0 saturated carbocycles. The van der Waals surface area contributed by atoms with Crippen LogP contribution in [0.1, 0.15) is 72.1 Å². The van der Waals surface area contributed by atoms with E-state index < -0.39 is 0 Å². The van der Waals surface area contributed by atoms with Gasteiger partial charge in [-0.1, -0.05) is 38.3 Å². The van der Waals surface area contributed by atoms with E-state index in [9.17, 15) is 4.79 Å². The first-order valence-electron chi connectivity index (χ1n) is 6.99. The van der Waals surface area contributed by atoms with Crippen LogP contribution in [0.15, 0.2) is 12.2 Å². The van der Waals surface area contributed by atoms with Crippen LogP contribution in [0.4, 0.5) is 0 Å². The van der Waals surface area contributed by atoms with E-state index in [2.05, 4.69) is 19.1 Å². The van der Waals surface area contributed by atoms with Gasteiger partial charge in [0.25, 0.3) is 0 Å². The molecule has 2 nitrogen and oxygen atoms in total. The smallest absolute Gasteiger partial charge is 0.302 e. The fourth-order valence-corrected chi connectivity index (χ4v) is 1.79. The van der Waals surface area contributed by atoms with Crippen LogP contribution in [0.2, 0.25) is 0 Å². The monoisotopic (exact) mass is 240 g/mol. The predicted octanol–water partition coefficient (Wildman–Crippen LogP) is 4.63. The molecule has 1 unspecified atom stereocenters. The highest BCUT2D eigenvalue weighted by Gasteiger charge is 2.03. The van der Waals surface area contributed by atoms with Gasteiger partial charge >= 0.3 is 5.97 Å². The van der Waals surface area contributed by atoms with Gasteiger partial charge in [0.05, 0.1) is 6.10 Å². The second kappa shape index (κ2) is 11.7. The van der Waals surface area contributed by atoms with Crippen LogP contribution < -0.4 is 0 Å². The van der Waals surface area contributed by atoms with Gasteiger partial charge in [-0.05, 0) is 39.0 Å². The zero-order chi connectivity index (χ0) is 12.9. The van der Waals surface area contributed by atoms with Gasteiger partial charge in [-0.15, -0.1) is 0 Å². The highest BCUT2D eigenvalue weighted by molar-refractivity contribution is 5.66. The lowest BCUT2D eigenvalue weighted by Gasteiger charge is -2.10. The van der Waals surface area contributed by atoms with Gasteiger partial charge in [-0.3, -0.25) is 4.79 Å². The standard InChI is InChI=1S/C15H28O2/c1-4-5-6-7-8-9-10-11-12-13-14(2)17-15(3)16/h6-7,14H,4-5,8-13H2,1-3H3/b7-6-. The first-order valence-corrected chi connectivity index (χ1v) is 6.99. The Morgan fingerprint density at radius 3 is 2.41 bits per heavy atom. The fourth-order valence-electron chi connectivity index (χ4n) is 1.79. The van der Waals surface area contributed by atoms with E-state index >= 15 is 0 Å². The molecular formula is C15H28O2. The highest BCUT2D eigenvalue weighted by Crippen LogP contribution is 2.09. The maximum absolute atomic E-state index is 10.7. The van der Waals surface area contributed by atoms with Crippen LogP contribution in [0.5, 0.6) is 0 Å². The van der Waals surface area contributed by atoms with Gasteiger partial charge in [0.2, 0.25) is 0 Å². The molecule has 0 amide bonds. The van der Waals surface area contributed by atoms with Gasteiger partial charge in [-0.2, -0.15) is 0 Å². The van der Waals surface area contributed by atoms with Crippen LogP contribution in [-0.4, -0.2) is 12.1 Å². The van der Waals surface area contributed by atoms with Crippen molar-refractivity contribution >= 4 is 5.97 Å². The number of unbranched alkanes of at least 4 members (excludes halogenated alkanes) is 5. The minimum Gasteiger partial charge on any atom is -0.463 e. The molecule has 0 aliphatic heterocycles. The number of ether oxygens (including phenoxy) is 1. The van der Waals surface area contributed by atoms with Crippen LogP contribution >= 0.6 is 0 Å². The van der Waals surface area contributed by atoms with Crippen molar-refractivity contribution in [2.24, 2.45) is 0 Å². The minimum absolute atomic E-state index is 0.0805. The number of allylic oxidation sites excluding steroid dienone is 2. The molecule has 0 aromatic carbocycles. The zero-order valence-corrected chi connectivity index (χ0v) is 11.7. The number of hydrogen-bond donors (Lipinski definition) is 0. The first kappa shape index (κ1) is 16.2. The molecular weight excluding hydrogens is 212 g/mol. The SMILES string of the molecule is CCC/C=C\CCCCCCC(C)OC(C)=O. The molecule has 1 atom stereocenters. The Balaban J connectivity index is 3.20. The summed E-state index contributed by atoms with van der Waals surface area (Å²) in [5, 5.41) is 0. The molecule has 0 rings (SSSR count). The van der Waals surface area contributed by atoms with Crippen molar-refractivity contribution in [3.05, 3.63) is 12.2 Å². The molecule has 0 aliphatic rings. The number of hydrogen-bond acceptors (Lipinski definition) is 2. The average molecular weight is 240 g/mol. The summed E-state index contributed by atoms with van der Waals surface area (Å²) in [4.78, 5) is 10.7. The van der Waals surface area contributed by atoms with E-state index in [0.717, 1.165) is 12.8 Å². The van der Waals surface area contributed by atoms with Crippen molar-refractivity contribution in [3.63, 3.8) is 0 Å². The second-order valence-electron chi connectivity index (χ2n) is 4.67. The van der Waals surface area contributed by atoms with Gasteiger partial charge in [-0.25, -0.2) is 0 Å². The van der Waals surface area contributed by atoms with Gasteiger partial charge < -0.3 is 4.74 Å². The van der Waals surface area contributed by atoms with Crippen molar-refractivity contribution in [1.82, 2.24) is 0 Å². The maximum Gasteiger partial charge on any atom is 0.302 e. The summed E-state index contributed by atoms with van der Waals surface area (Å²) in [5.74, 6) is -0.168. The van der Waals surface area contributed by atoms with Crippen LogP contribution in [0, 0.1) is 0 Å². The summed E-state index contributed by atoms with van der Waals surface area (Å²) < 4.78 is 5.07. The largest absolute Gasteiger partial charge is 0.463 e. The van der Waals surface area contributed by atoms with Crippen molar-refractivity contribution in [2.75, 3.05) is 0 Å². The van der Waals surface area contributed by atoms with Crippen LogP contribution in [0.25, 0.3) is 0 Å². The summed E-state index contributed by atoms with van der Waals surface area (Å²) in [6, 6.07) is 0. The molecule has 0 N–H and O–H groups in total. The lowest BCUT2D eigenvalue weighted by atomic mass is 10.1. The lowest BCUT2D eigenvalue weighted by Crippen LogP contribution is -2.11. The number of carbonyl (C=O) groups excluding carboxylic acids is 1. The molecule has 100 valence electrons. The molecule has 0 radical (unpaired) electrons. The number of esters is 1. The predicted molar refractivity (Wildman–Crippen MR) is 73.0 cm³/mol. The summed E-state index contributed by atoms with van der Waals surface area (Å²) in [5.41, 5.74) is 0. The first-order chi connectivity index (χ1) is 8.16. The van der Waals surface area contributed by atoms with E-state index in [1.807, 2.05) is 6.92 Å². The van der Waals surface area contributed by atoms with E-state index in [1.165, 1.54) is 45.4 Å². The molecule has 0 bridgehead atoms. The molecule has 0 fully saturated rings. The quantitative estimate of drug-likeness (QED) is 0.316. The summed E-state index contributed by atoms with van der Waals surface area (Å²) in [7, 11) is 0. The molecule has 2 heteroatoms. The Morgan fingerprint density at radius 1 is 1.12 bits per heavy atom. The maximum atomic E-state index is 10.7. The van der Waals surface area contributed by atoms with Gasteiger partial charge in [0.1, 0.15) is 0 Å². The average Bonchev–Trinajstić information content (AvgIpc) is 2.26. The minimum atomic E-state index is -0.168. The summed E-state index contributed by atoms with van der Waals surface area (Å²) in [6.45, 7) is 5.64. The van der Waals surface area contributed by atoms with E-state index in [1.54, 1.807) is 0 Å². The van der Waals surface area contributed by atoms with Crippen LogP contribution in [-0.2, 0) is 9.53 Å². The Hall–Kier alpha value is -0.790. The second-order valence-corrected chi connectivity index (χ2v) is 4.67. The van der Waals surface area contributed by atoms with Crippen molar-refractivity contribution < 1.29 is 9.53 Å². The topological polar surface area (TPSA) is 26.3 Å². The molecule has 0 aromatic heterocycles. The molecule has 0 spiro atoms. The van der Waals surface area contributed by atoms with E-state index in [4.69, 9.17) is 4.74 Å². The third kappa shape index (κ3) is 13.1. The molecule has 0 aromatic rings. The molecule has 0 heterocycles. The summed E-state index contributed by atoms with van der Waals surface area (Å²) in [6.07, 6.45) is 14.3. The number of rotatable bonds is 10. The third-order valence-corrected chi connectivity index (χ3v) is 2.72. The van der Waals surface area contributed by atoms with E-state index in [-0.39, 0.29) is 12.1 Å². The third-order valence-electron chi connectivity index (χ3n) is 2.72. The Morgan fingerprint density at radius 2 is 1.76 bits per heavy atom. The fraction of sp³-hybridized carbons (Fsp3) is 0.800. The Bertz CT molecular complexity index is 209. The molecule has 17 heavy (non-hydrogen) atoms. The summed E-state index contributed by atoms with van der Waals surface area (Å²) >= 11 is 0. The zero-order valence-electron chi connectivity index (χ0n) is 11.7. The number of carbonyl (C=O) groups is 1. The van der Waals surface area contributed by atoms with E-state index in [0.29, 0.717) is 0 Å². The lowest BCUT2D eigenvalue weighted by molar-refractivity contribution is -0.145. The van der Waals surface area contributed by atoms with Gasteiger partial charge in [0.15, 0.2) is 0 Å². The Labute approximate surface area is 106 Å². The molecule has 0 aliphatic carbocycles.